The van der Waals surface area contributed by atoms with Crippen LogP contribution in [-0.2, 0) is 0 Å². The zero-order valence-electron chi connectivity index (χ0n) is 7.02. The predicted molar refractivity (Wildman–Crippen MR) is 56.8 cm³/mol. The lowest BCUT2D eigenvalue weighted by atomic mass is 9.88. The summed E-state index contributed by atoms with van der Waals surface area (Å²) >= 11 is 0. The van der Waals surface area contributed by atoms with Crippen LogP contribution in [0.25, 0.3) is 0 Å². The van der Waals surface area contributed by atoms with Gasteiger partial charge in [-0.3, -0.25) is 4.99 Å². The fourth-order valence-corrected chi connectivity index (χ4v) is 1.45. The van der Waals surface area contributed by atoms with Gasteiger partial charge in [0.1, 0.15) is 0 Å². The monoisotopic (exact) mass is 303 g/mol. The summed E-state index contributed by atoms with van der Waals surface area (Å²) in [6.45, 7) is 1.55. The van der Waals surface area contributed by atoms with E-state index in [0.717, 1.165) is 13.1 Å². The molecule has 2 N–H and O–H groups in total. The number of nitrogens with zero attached hydrogens (tertiary/aromatic N) is 1. The van der Waals surface area contributed by atoms with Crippen LogP contribution in [0, 0.1) is 0 Å². The van der Waals surface area contributed by atoms with Gasteiger partial charge >= 0.3 is 0 Å². The summed E-state index contributed by atoms with van der Waals surface area (Å²) in [6, 6.07) is -0.0932. The van der Waals surface area contributed by atoms with Crippen molar-refractivity contribution in [2.75, 3.05) is 13.1 Å². The zero-order chi connectivity index (χ0) is 8.60. The fraction of sp³-hybridized carbons (Fsp3) is 0.857. The number of aliphatic imine (C=N–C) groups is 1. The Morgan fingerprint density at radius 3 is 2.62 bits per heavy atom. The Bertz CT molecular complexity index is 212. The van der Waals surface area contributed by atoms with Crippen LogP contribution in [0.2, 0.25) is 0 Å². The van der Waals surface area contributed by atoms with Gasteiger partial charge in [0, 0.05) is 25.4 Å². The molecule has 0 aromatic rings. The number of guanidine groups is 1. The minimum Gasteiger partial charge on any atom is -0.355 e. The molecule has 2 aliphatic rings. The Labute approximate surface area is 92.4 Å². The van der Waals surface area contributed by atoms with Crippen molar-refractivity contribution in [3.8, 4) is 0 Å². The van der Waals surface area contributed by atoms with Crippen molar-refractivity contribution in [1.82, 2.24) is 10.6 Å². The molecule has 1 heterocycles. The molecule has 3 nitrogen and oxygen atoms in total. The summed E-state index contributed by atoms with van der Waals surface area (Å²) in [5, 5.41) is 5.91. The zero-order valence-corrected chi connectivity index (χ0v) is 9.35. The Morgan fingerprint density at radius 2 is 2.15 bits per heavy atom. The molecular weight excluding hydrogens is 291 g/mol. The molecule has 0 unspecified atom stereocenters. The van der Waals surface area contributed by atoms with Crippen molar-refractivity contribution in [2.24, 2.45) is 4.99 Å². The van der Waals surface area contributed by atoms with E-state index in [2.05, 4.69) is 15.6 Å². The van der Waals surface area contributed by atoms with E-state index in [-0.39, 0.29) is 42.9 Å². The predicted octanol–water partition coefficient (Wildman–Crippen LogP) is 0.951. The number of alkyl halides is 2. The van der Waals surface area contributed by atoms with Crippen molar-refractivity contribution in [2.45, 2.75) is 24.8 Å². The Balaban J connectivity index is 0.000000845. The molecule has 0 saturated heterocycles. The number of rotatable bonds is 1. The third-order valence-electron chi connectivity index (χ3n) is 2.11. The number of halogens is 3. The first-order valence-electron chi connectivity index (χ1n) is 4.08. The first-order valence-corrected chi connectivity index (χ1v) is 4.08. The summed E-state index contributed by atoms with van der Waals surface area (Å²) in [5.41, 5.74) is 0. The van der Waals surface area contributed by atoms with Crippen molar-refractivity contribution in [3.63, 3.8) is 0 Å². The van der Waals surface area contributed by atoms with E-state index < -0.39 is 5.92 Å². The van der Waals surface area contributed by atoms with Crippen molar-refractivity contribution < 1.29 is 8.78 Å². The van der Waals surface area contributed by atoms with Gasteiger partial charge in [0.2, 0.25) is 0 Å². The summed E-state index contributed by atoms with van der Waals surface area (Å²) in [7, 11) is 0. The Morgan fingerprint density at radius 1 is 1.46 bits per heavy atom. The second-order valence-corrected chi connectivity index (χ2v) is 3.26. The van der Waals surface area contributed by atoms with Gasteiger partial charge in [-0.25, -0.2) is 8.78 Å². The number of hydrogen-bond acceptors (Lipinski definition) is 3. The van der Waals surface area contributed by atoms with E-state index in [9.17, 15) is 8.78 Å². The smallest absolute Gasteiger partial charge is 0.252 e. The van der Waals surface area contributed by atoms with Crippen LogP contribution < -0.4 is 10.6 Å². The minimum atomic E-state index is -2.45. The molecular formula is C7H12F2IN3. The maximum Gasteiger partial charge on any atom is 0.252 e. The molecule has 1 fully saturated rings. The van der Waals surface area contributed by atoms with Gasteiger partial charge in [-0.2, -0.15) is 0 Å². The number of nitrogens with one attached hydrogen (secondary N) is 2. The van der Waals surface area contributed by atoms with Gasteiger partial charge in [-0.1, -0.05) is 0 Å². The van der Waals surface area contributed by atoms with Gasteiger partial charge in [0.25, 0.3) is 5.92 Å². The van der Waals surface area contributed by atoms with E-state index in [0.29, 0.717) is 5.96 Å². The molecule has 76 valence electrons. The quantitative estimate of drug-likeness (QED) is 0.708. The summed E-state index contributed by atoms with van der Waals surface area (Å²) in [4.78, 5) is 4.05. The van der Waals surface area contributed by atoms with Crippen molar-refractivity contribution in [1.29, 1.82) is 0 Å². The van der Waals surface area contributed by atoms with Crippen LogP contribution in [-0.4, -0.2) is 31.0 Å². The van der Waals surface area contributed by atoms with E-state index in [4.69, 9.17) is 0 Å². The largest absolute Gasteiger partial charge is 0.355 e. The highest BCUT2D eigenvalue weighted by molar-refractivity contribution is 14.0. The second kappa shape index (κ2) is 3.93. The van der Waals surface area contributed by atoms with Gasteiger partial charge in [0.05, 0.1) is 6.54 Å². The number of hydrogen-bond donors (Lipinski definition) is 2. The Hall–Kier alpha value is -0.140. The summed E-state index contributed by atoms with van der Waals surface area (Å²) in [5.74, 6) is -1.77. The highest BCUT2D eigenvalue weighted by atomic mass is 127. The van der Waals surface area contributed by atoms with E-state index >= 15 is 0 Å². The molecule has 13 heavy (non-hydrogen) atoms. The fourth-order valence-electron chi connectivity index (χ4n) is 1.45. The van der Waals surface area contributed by atoms with E-state index in [1.54, 1.807) is 0 Å². The second-order valence-electron chi connectivity index (χ2n) is 3.26. The molecule has 1 saturated carbocycles. The molecule has 0 amide bonds. The van der Waals surface area contributed by atoms with Crippen LogP contribution in [0.4, 0.5) is 8.78 Å². The SMILES string of the molecule is FC1(F)CC(NC2=NCCN2)C1.I. The third-order valence-corrected chi connectivity index (χ3v) is 2.11. The summed E-state index contributed by atoms with van der Waals surface area (Å²) < 4.78 is 24.7. The van der Waals surface area contributed by atoms with Crippen LogP contribution in [0.15, 0.2) is 4.99 Å². The van der Waals surface area contributed by atoms with Crippen molar-refractivity contribution >= 4 is 29.9 Å². The lowest BCUT2D eigenvalue weighted by molar-refractivity contribution is -0.0887. The molecule has 0 spiro atoms. The van der Waals surface area contributed by atoms with E-state index in [1.807, 2.05) is 0 Å². The molecule has 2 rings (SSSR count). The molecule has 0 bridgehead atoms. The normalized spacial score (nSPS) is 25.2. The van der Waals surface area contributed by atoms with Gasteiger partial charge in [-0.15, -0.1) is 24.0 Å². The lowest BCUT2D eigenvalue weighted by Gasteiger charge is -2.35. The van der Waals surface area contributed by atoms with Crippen LogP contribution >= 0.6 is 24.0 Å². The third kappa shape index (κ3) is 2.65. The maximum absolute atomic E-state index is 12.4. The highest BCUT2D eigenvalue weighted by Gasteiger charge is 2.45. The molecule has 1 aliphatic carbocycles. The molecule has 0 aromatic carbocycles. The lowest BCUT2D eigenvalue weighted by Crippen LogP contribution is -2.52. The van der Waals surface area contributed by atoms with Gasteiger partial charge < -0.3 is 10.6 Å². The minimum absolute atomic E-state index is 0. The molecule has 1 aliphatic heterocycles. The van der Waals surface area contributed by atoms with Crippen molar-refractivity contribution in [3.05, 3.63) is 0 Å². The first kappa shape index (κ1) is 10.9. The molecule has 0 aromatic heterocycles. The standard InChI is InChI=1S/C7H11F2N3.HI/c8-7(9)3-5(4-7)12-6-10-1-2-11-6;/h5H,1-4H2,(H2,10,11,12);1H. The van der Waals surface area contributed by atoms with Crippen LogP contribution in [0.5, 0.6) is 0 Å². The average Bonchev–Trinajstić information content (AvgIpc) is 2.35. The molecule has 0 radical (unpaired) electrons. The topological polar surface area (TPSA) is 36.4 Å². The van der Waals surface area contributed by atoms with Crippen LogP contribution in [0.3, 0.4) is 0 Å². The maximum atomic E-state index is 12.4. The van der Waals surface area contributed by atoms with E-state index in [1.165, 1.54) is 0 Å². The highest BCUT2D eigenvalue weighted by Crippen LogP contribution is 2.37. The van der Waals surface area contributed by atoms with Crippen LogP contribution in [0.1, 0.15) is 12.8 Å². The summed E-state index contributed by atoms with van der Waals surface area (Å²) in [6.07, 6.45) is -0.124. The Kier molecular flexibility index (Phi) is 3.31. The average molecular weight is 303 g/mol. The van der Waals surface area contributed by atoms with Gasteiger partial charge in [0.15, 0.2) is 5.96 Å². The van der Waals surface area contributed by atoms with Gasteiger partial charge in [-0.05, 0) is 0 Å². The molecule has 6 heteroatoms. The molecule has 0 atom stereocenters. The first-order chi connectivity index (χ1) is 5.66.